The summed E-state index contributed by atoms with van der Waals surface area (Å²) in [5.41, 5.74) is 1.48. The number of benzene rings is 1. The van der Waals surface area contributed by atoms with Crippen LogP contribution in [0, 0.1) is 6.92 Å². The number of aryl methyl sites for hydroxylation is 3. The molecule has 0 atom stereocenters. The van der Waals surface area contributed by atoms with Gasteiger partial charge < -0.3 is 0 Å². The van der Waals surface area contributed by atoms with Crippen LogP contribution < -0.4 is 5.56 Å². The first-order chi connectivity index (χ1) is 12.4. The predicted octanol–water partition coefficient (Wildman–Crippen LogP) is 3.60. The number of hydrogen-bond donors (Lipinski definition) is 0. The van der Waals surface area contributed by atoms with Gasteiger partial charge in [-0.2, -0.15) is 3.97 Å². The first-order valence-corrected chi connectivity index (χ1v) is 11.8. The molecular formula is C18H18N2O3S3. The molecule has 1 aliphatic rings. The summed E-state index contributed by atoms with van der Waals surface area (Å²) >= 11 is 2.70. The molecule has 1 aliphatic carbocycles. The highest BCUT2D eigenvalue weighted by Crippen LogP contribution is 2.35. The minimum Gasteiger partial charge on any atom is -0.267 e. The Hall–Kier alpha value is -1.64. The van der Waals surface area contributed by atoms with Crippen LogP contribution in [0.4, 0.5) is 0 Å². The second kappa shape index (κ2) is 6.51. The molecule has 0 bridgehead atoms. The van der Waals surface area contributed by atoms with E-state index in [1.807, 2.05) is 6.92 Å². The number of nitrogens with zero attached hydrogens (tertiary/aromatic N) is 2. The van der Waals surface area contributed by atoms with Crippen molar-refractivity contribution in [2.75, 3.05) is 6.26 Å². The van der Waals surface area contributed by atoms with Crippen molar-refractivity contribution in [1.29, 1.82) is 0 Å². The Morgan fingerprint density at radius 1 is 1.15 bits per heavy atom. The molecular weight excluding hydrogens is 388 g/mol. The van der Waals surface area contributed by atoms with Crippen LogP contribution in [0.5, 0.6) is 0 Å². The summed E-state index contributed by atoms with van der Waals surface area (Å²) in [6.45, 7) is 1.89. The Kier molecular flexibility index (Phi) is 4.45. The maximum atomic E-state index is 13.3. The molecule has 0 amide bonds. The normalized spacial score (nSPS) is 14.5. The molecule has 0 saturated carbocycles. The Labute approximate surface area is 160 Å². The van der Waals surface area contributed by atoms with Crippen LogP contribution >= 0.6 is 23.1 Å². The lowest BCUT2D eigenvalue weighted by Crippen LogP contribution is -2.30. The molecule has 8 heteroatoms. The maximum Gasteiger partial charge on any atom is 0.277 e. The molecule has 5 nitrogen and oxygen atoms in total. The van der Waals surface area contributed by atoms with E-state index in [0.717, 1.165) is 40.8 Å². The number of aromatic nitrogens is 2. The molecule has 0 radical (unpaired) electrons. The van der Waals surface area contributed by atoms with Gasteiger partial charge in [-0.05, 0) is 56.6 Å². The van der Waals surface area contributed by atoms with Crippen LogP contribution in [0.15, 0.2) is 39.1 Å². The van der Waals surface area contributed by atoms with Gasteiger partial charge in [0, 0.05) is 4.88 Å². The quantitative estimate of drug-likeness (QED) is 0.491. The van der Waals surface area contributed by atoms with Crippen molar-refractivity contribution >= 4 is 43.3 Å². The van der Waals surface area contributed by atoms with Crippen LogP contribution in [0.1, 0.15) is 28.8 Å². The van der Waals surface area contributed by atoms with E-state index >= 15 is 0 Å². The van der Waals surface area contributed by atoms with Gasteiger partial charge in [0.2, 0.25) is 0 Å². The van der Waals surface area contributed by atoms with Gasteiger partial charge in [-0.15, -0.1) is 11.3 Å². The predicted molar refractivity (Wildman–Crippen MR) is 106 cm³/mol. The monoisotopic (exact) mass is 406 g/mol. The highest BCUT2D eigenvalue weighted by atomic mass is 32.2. The largest absolute Gasteiger partial charge is 0.277 e. The van der Waals surface area contributed by atoms with E-state index in [0.29, 0.717) is 10.2 Å². The summed E-state index contributed by atoms with van der Waals surface area (Å²) < 4.78 is 27.3. The summed E-state index contributed by atoms with van der Waals surface area (Å²) in [5, 5.41) is 0.694. The molecule has 2 heterocycles. The van der Waals surface area contributed by atoms with Crippen molar-refractivity contribution in [3.05, 3.63) is 50.6 Å². The number of hydrogen-bond acceptors (Lipinski definition) is 6. The van der Waals surface area contributed by atoms with E-state index in [2.05, 4.69) is 4.98 Å². The third kappa shape index (κ3) is 2.71. The van der Waals surface area contributed by atoms with Crippen LogP contribution in [-0.2, 0) is 22.9 Å². The average Bonchev–Trinajstić information content (AvgIpc) is 3.00. The fraction of sp³-hybridized carbons (Fsp3) is 0.333. The van der Waals surface area contributed by atoms with Gasteiger partial charge in [0.25, 0.3) is 15.6 Å². The van der Waals surface area contributed by atoms with E-state index in [1.54, 1.807) is 18.4 Å². The van der Waals surface area contributed by atoms with E-state index in [4.69, 9.17) is 0 Å². The second-order valence-corrected chi connectivity index (χ2v) is 10.0. The standard InChI is InChI=1S/C18H18N2O3S3/c1-11-7-9-12(10-8-11)26(22,23)20-17(21)15-13-5-3-4-6-14(13)25-16(15)19-18(20)24-2/h7-10H,3-6H2,1-2H3. The Morgan fingerprint density at radius 2 is 1.85 bits per heavy atom. The summed E-state index contributed by atoms with van der Waals surface area (Å²) in [6, 6.07) is 6.53. The lowest BCUT2D eigenvalue weighted by molar-refractivity contribution is 0.578. The zero-order chi connectivity index (χ0) is 18.5. The summed E-state index contributed by atoms with van der Waals surface area (Å²) in [5.74, 6) is 0. The van der Waals surface area contributed by atoms with Crippen LogP contribution in [-0.4, -0.2) is 23.6 Å². The lowest BCUT2D eigenvalue weighted by atomic mass is 9.97. The highest BCUT2D eigenvalue weighted by molar-refractivity contribution is 7.99. The van der Waals surface area contributed by atoms with Gasteiger partial charge in [-0.1, -0.05) is 29.5 Å². The minimum absolute atomic E-state index is 0.103. The van der Waals surface area contributed by atoms with E-state index in [1.165, 1.54) is 40.1 Å². The molecule has 0 fully saturated rings. The zero-order valence-corrected chi connectivity index (χ0v) is 16.9. The topological polar surface area (TPSA) is 69.0 Å². The Bertz CT molecular complexity index is 1160. The van der Waals surface area contributed by atoms with Crippen molar-refractivity contribution in [2.45, 2.75) is 42.7 Å². The third-order valence-corrected chi connectivity index (χ3v) is 8.29. The van der Waals surface area contributed by atoms with Crippen molar-refractivity contribution in [3.8, 4) is 0 Å². The van der Waals surface area contributed by atoms with Gasteiger partial charge in [-0.3, -0.25) is 4.79 Å². The van der Waals surface area contributed by atoms with Crippen LogP contribution in [0.2, 0.25) is 0 Å². The molecule has 26 heavy (non-hydrogen) atoms. The van der Waals surface area contributed by atoms with E-state index < -0.39 is 15.6 Å². The number of rotatable bonds is 3. The van der Waals surface area contributed by atoms with Gasteiger partial charge in [0.05, 0.1) is 10.3 Å². The number of thiophene rings is 1. The summed E-state index contributed by atoms with van der Waals surface area (Å²) in [7, 11) is -4.00. The fourth-order valence-corrected chi connectivity index (χ4v) is 6.83. The van der Waals surface area contributed by atoms with Crippen LogP contribution in [0.3, 0.4) is 0 Å². The number of fused-ring (bicyclic) bond motifs is 3. The average molecular weight is 407 g/mol. The van der Waals surface area contributed by atoms with Gasteiger partial charge in [-0.25, -0.2) is 13.4 Å². The maximum absolute atomic E-state index is 13.3. The van der Waals surface area contributed by atoms with Crippen molar-refractivity contribution in [1.82, 2.24) is 8.96 Å². The molecule has 0 saturated heterocycles. The highest BCUT2D eigenvalue weighted by Gasteiger charge is 2.28. The minimum atomic E-state index is -4.00. The van der Waals surface area contributed by atoms with Crippen molar-refractivity contribution in [3.63, 3.8) is 0 Å². The first kappa shape index (κ1) is 17.8. The first-order valence-electron chi connectivity index (χ1n) is 8.37. The molecule has 0 unspecified atom stereocenters. The Morgan fingerprint density at radius 3 is 2.54 bits per heavy atom. The fourth-order valence-electron chi connectivity index (χ4n) is 3.33. The zero-order valence-electron chi connectivity index (χ0n) is 14.5. The van der Waals surface area contributed by atoms with Gasteiger partial charge in [0.1, 0.15) is 4.83 Å². The molecule has 136 valence electrons. The summed E-state index contributed by atoms with van der Waals surface area (Å²) in [4.78, 5) is 19.7. The third-order valence-electron chi connectivity index (χ3n) is 4.66. The van der Waals surface area contributed by atoms with Crippen molar-refractivity contribution < 1.29 is 8.42 Å². The molecule has 4 rings (SSSR count). The Balaban J connectivity index is 2.04. The van der Waals surface area contributed by atoms with Gasteiger partial charge in [0.15, 0.2) is 5.16 Å². The van der Waals surface area contributed by atoms with Gasteiger partial charge >= 0.3 is 0 Å². The number of thioether (sulfide) groups is 1. The van der Waals surface area contributed by atoms with Crippen molar-refractivity contribution in [2.24, 2.45) is 0 Å². The molecule has 2 aromatic heterocycles. The SMILES string of the molecule is CSc1nc2sc3c(c2c(=O)n1S(=O)(=O)c1ccc(C)cc1)CCCC3. The smallest absolute Gasteiger partial charge is 0.267 e. The second-order valence-electron chi connectivity index (χ2n) is 6.38. The molecule has 3 aromatic rings. The molecule has 1 aromatic carbocycles. The molecule has 0 N–H and O–H groups in total. The lowest BCUT2D eigenvalue weighted by Gasteiger charge is -2.13. The van der Waals surface area contributed by atoms with E-state index in [9.17, 15) is 13.2 Å². The molecule has 0 aliphatic heterocycles. The van der Waals surface area contributed by atoms with E-state index in [-0.39, 0.29) is 10.1 Å². The van der Waals surface area contributed by atoms with Crippen LogP contribution in [0.25, 0.3) is 10.2 Å². The summed E-state index contributed by atoms with van der Waals surface area (Å²) in [6.07, 6.45) is 5.62. The molecule has 0 spiro atoms.